The molecule has 4 rings (SSSR count). The first kappa shape index (κ1) is 20.0. The third-order valence-electron chi connectivity index (χ3n) is 4.36. The van der Waals surface area contributed by atoms with E-state index in [-0.39, 0.29) is 0 Å². The van der Waals surface area contributed by atoms with Gasteiger partial charge in [-0.25, -0.2) is 9.59 Å². The lowest BCUT2D eigenvalue weighted by molar-refractivity contribution is 0.0725. The first-order chi connectivity index (χ1) is 14.5. The molecule has 0 aromatic heterocycles. The predicted molar refractivity (Wildman–Crippen MR) is 117 cm³/mol. The van der Waals surface area contributed by atoms with Gasteiger partial charge in [-0.05, 0) is 83.6 Å². The zero-order valence-electron chi connectivity index (χ0n) is 15.5. The summed E-state index contributed by atoms with van der Waals surface area (Å²) in [6.07, 6.45) is 0. The molecule has 0 aliphatic carbocycles. The fraction of sp³-hybridized carbons (Fsp3) is 0. The van der Waals surface area contributed by atoms with Gasteiger partial charge in [0, 0.05) is 10.0 Å². The number of carbonyl (C=O) groups is 2. The van der Waals surface area contributed by atoms with Gasteiger partial charge in [-0.15, -0.1) is 0 Å². The van der Waals surface area contributed by atoms with Crippen molar-refractivity contribution in [3.63, 3.8) is 0 Å². The Hall–Kier alpha value is -3.34. The van der Waals surface area contributed by atoms with E-state index in [0.29, 0.717) is 32.7 Å². The fourth-order valence-corrected chi connectivity index (χ4v) is 3.09. The second kappa shape index (κ2) is 8.57. The highest BCUT2D eigenvalue weighted by atomic mass is 35.5. The van der Waals surface area contributed by atoms with Crippen LogP contribution in [0.3, 0.4) is 0 Å². The van der Waals surface area contributed by atoms with E-state index >= 15 is 0 Å². The Kier molecular flexibility index (Phi) is 5.70. The molecule has 30 heavy (non-hydrogen) atoms. The third kappa shape index (κ3) is 4.62. The van der Waals surface area contributed by atoms with Crippen molar-refractivity contribution in [3.05, 3.63) is 106 Å². The molecule has 0 amide bonds. The number of benzene rings is 4. The number of carbonyl (C=O) groups excluding carboxylic acids is 2. The largest absolute Gasteiger partial charge is 0.423 e. The Labute approximate surface area is 182 Å². The summed E-state index contributed by atoms with van der Waals surface area (Å²) in [4.78, 5) is 24.8. The van der Waals surface area contributed by atoms with Crippen molar-refractivity contribution in [1.29, 1.82) is 0 Å². The fourth-order valence-electron chi connectivity index (χ4n) is 2.84. The van der Waals surface area contributed by atoms with E-state index in [0.717, 1.165) is 10.8 Å². The lowest BCUT2D eigenvalue weighted by Gasteiger charge is -2.08. The monoisotopic (exact) mass is 436 g/mol. The van der Waals surface area contributed by atoms with Gasteiger partial charge in [-0.3, -0.25) is 0 Å². The highest BCUT2D eigenvalue weighted by Gasteiger charge is 2.12. The van der Waals surface area contributed by atoms with E-state index < -0.39 is 11.9 Å². The SMILES string of the molecule is O=C(Oc1ccc(Cl)cc1)c1ccc2cc(C(=O)Oc3ccc(Cl)cc3)ccc2c1. The van der Waals surface area contributed by atoms with Gasteiger partial charge >= 0.3 is 11.9 Å². The minimum Gasteiger partial charge on any atom is -0.423 e. The molecule has 0 aliphatic heterocycles. The second-order valence-electron chi connectivity index (χ2n) is 6.46. The number of halogens is 2. The van der Waals surface area contributed by atoms with E-state index in [1.54, 1.807) is 84.9 Å². The number of hydrogen-bond donors (Lipinski definition) is 0. The van der Waals surface area contributed by atoms with Gasteiger partial charge in [-0.1, -0.05) is 35.3 Å². The van der Waals surface area contributed by atoms with Crippen molar-refractivity contribution in [2.45, 2.75) is 0 Å². The van der Waals surface area contributed by atoms with Crippen LogP contribution in [0.25, 0.3) is 10.8 Å². The van der Waals surface area contributed by atoms with Gasteiger partial charge in [0.15, 0.2) is 0 Å². The average Bonchev–Trinajstić information content (AvgIpc) is 2.76. The van der Waals surface area contributed by atoms with Crippen LogP contribution < -0.4 is 9.47 Å². The van der Waals surface area contributed by atoms with Gasteiger partial charge in [-0.2, -0.15) is 0 Å². The van der Waals surface area contributed by atoms with Gasteiger partial charge in [0.2, 0.25) is 0 Å². The van der Waals surface area contributed by atoms with E-state index in [9.17, 15) is 9.59 Å². The van der Waals surface area contributed by atoms with Crippen molar-refractivity contribution >= 4 is 45.9 Å². The maximum Gasteiger partial charge on any atom is 0.343 e. The van der Waals surface area contributed by atoms with E-state index in [1.807, 2.05) is 0 Å². The van der Waals surface area contributed by atoms with Crippen molar-refractivity contribution < 1.29 is 19.1 Å². The van der Waals surface area contributed by atoms with Crippen LogP contribution in [-0.4, -0.2) is 11.9 Å². The van der Waals surface area contributed by atoms with Crippen molar-refractivity contribution in [2.75, 3.05) is 0 Å². The van der Waals surface area contributed by atoms with Crippen LogP contribution in [0, 0.1) is 0 Å². The molecule has 4 aromatic rings. The summed E-state index contributed by atoms with van der Waals surface area (Å²) in [6.45, 7) is 0. The highest BCUT2D eigenvalue weighted by Crippen LogP contribution is 2.22. The number of ether oxygens (including phenoxy) is 2. The molecule has 4 aromatic carbocycles. The third-order valence-corrected chi connectivity index (χ3v) is 4.86. The van der Waals surface area contributed by atoms with E-state index in [2.05, 4.69) is 0 Å². The summed E-state index contributed by atoms with van der Waals surface area (Å²) in [5.41, 5.74) is 0.794. The summed E-state index contributed by atoms with van der Waals surface area (Å²) in [5, 5.41) is 2.71. The molecule has 0 fully saturated rings. The maximum atomic E-state index is 12.4. The molecule has 0 atom stereocenters. The standard InChI is InChI=1S/C24H14Cl2O4/c25-19-5-9-21(10-6-19)29-23(27)17-3-1-15-13-18(4-2-16(15)14-17)24(28)30-22-11-7-20(26)8-12-22/h1-14H. The van der Waals surface area contributed by atoms with Crippen molar-refractivity contribution in [3.8, 4) is 11.5 Å². The molecule has 0 N–H and O–H groups in total. The molecule has 0 spiro atoms. The molecule has 0 aliphatic rings. The summed E-state index contributed by atoms with van der Waals surface area (Å²) >= 11 is 11.7. The summed E-state index contributed by atoms with van der Waals surface area (Å²) in [6, 6.07) is 23.3. The summed E-state index contributed by atoms with van der Waals surface area (Å²) in [7, 11) is 0. The average molecular weight is 437 g/mol. The Balaban J connectivity index is 1.51. The predicted octanol–water partition coefficient (Wildman–Crippen LogP) is 6.59. The summed E-state index contributed by atoms with van der Waals surface area (Å²) < 4.78 is 10.7. The lowest BCUT2D eigenvalue weighted by atomic mass is 10.0. The molecule has 6 heteroatoms. The molecule has 0 bridgehead atoms. The normalized spacial score (nSPS) is 10.6. The molecule has 0 saturated carbocycles. The number of esters is 2. The van der Waals surface area contributed by atoms with Crippen LogP contribution in [0.5, 0.6) is 11.5 Å². The molecular weight excluding hydrogens is 423 g/mol. The molecule has 4 nitrogen and oxygen atoms in total. The van der Waals surface area contributed by atoms with Gasteiger partial charge in [0.1, 0.15) is 11.5 Å². The van der Waals surface area contributed by atoms with Crippen LogP contribution in [-0.2, 0) is 0 Å². The highest BCUT2D eigenvalue weighted by molar-refractivity contribution is 6.30. The Morgan fingerprint density at radius 1 is 0.533 bits per heavy atom. The molecule has 0 saturated heterocycles. The minimum atomic E-state index is -0.481. The molecule has 0 radical (unpaired) electrons. The van der Waals surface area contributed by atoms with Crippen molar-refractivity contribution in [2.24, 2.45) is 0 Å². The first-order valence-electron chi connectivity index (χ1n) is 8.97. The number of hydrogen-bond acceptors (Lipinski definition) is 4. The van der Waals surface area contributed by atoms with Gasteiger partial charge < -0.3 is 9.47 Å². The van der Waals surface area contributed by atoms with Crippen LogP contribution in [0.2, 0.25) is 10.0 Å². The molecular formula is C24H14Cl2O4. The van der Waals surface area contributed by atoms with Gasteiger partial charge in [0.25, 0.3) is 0 Å². The quantitative estimate of drug-likeness (QED) is 0.267. The molecule has 148 valence electrons. The van der Waals surface area contributed by atoms with E-state index in [1.165, 1.54) is 0 Å². The zero-order valence-corrected chi connectivity index (χ0v) is 17.0. The molecule has 0 unspecified atom stereocenters. The van der Waals surface area contributed by atoms with E-state index in [4.69, 9.17) is 32.7 Å². The Morgan fingerprint density at radius 3 is 1.27 bits per heavy atom. The van der Waals surface area contributed by atoms with Crippen LogP contribution >= 0.6 is 23.2 Å². The number of fused-ring (bicyclic) bond motifs is 1. The first-order valence-corrected chi connectivity index (χ1v) is 9.73. The Morgan fingerprint density at radius 2 is 0.900 bits per heavy atom. The van der Waals surface area contributed by atoms with Gasteiger partial charge in [0.05, 0.1) is 11.1 Å². The minimum absolute atomic E-state index is 0.397. The summed E-state index contributed by atoms with van der Waals surface area (Å²) in [5.74, 6) is -0.148. The van der Waals surface area contributed by atoms with Crippen molar-refractivity contribution in [1.82, 2.24) is 0 Å². The lowest BCUT2D eigenvalue weighted by Crippen LogP contribution is -2.09. The smallest absolute Gasteiger partial charge is 0.343 e. The Bertz CT molecular complexity index is 1130. The second-order valence-corrected chi connectivity index (χ2v) is 7.34. The van der Waals surface area contributed by atoms with Crippen LogP contribution in [0.1, 0.15) is 20.7 Å². The van der Waals surface area contributed by atoms with Crippen LogP contribution in [0.4, 0.5) is 0 Å². The topological polar surface area (TPSA) is 52.6 Å². The number of rotatable bonds is 4. The maximum absolute atomic E-state index is 12.4. The molecule has 0 heterocycles. The van der Waals surface area contributed by atoms with Crippen LogP contribution in [0.15, 0.2) is 84.9 Å². The zero-order chi connectivity index (χ0) is 21.1.